The van der Waals surface area contributed by atoms with Gasteiger partial charge >= 0.3 is 0 Å². The molecule has 2 heterocycles. The second-order valence-corrected chi connectivity index (χ2v) is 7.82. The maximum Gasteiger partial charge on any atom is 0.258 e. The number of benzene rings is 2. The SMILES string of the molecule is COc1ccccc1C(=O)N1CCCC1c1nc2ccccc2n1CC(C)C. The number of para-hydroxylation sites is 3. The number of hydrogen-bond acceptors (Lipinski definition) is 3. The first-order chi connectivity index (χ1) is 13.6. The Kier molecular flexibility index (Phi) is 5.07. The van der Waals surface area contributed by atoms with E-state index in [-0.39, 0.29) is 11.9 Å². The Hall–Kier alpha value is -2.82. The van der Waals surface area contributed by atoms with Crippen LogP contribution >= 0.6 is 0 Å². The molecule has 1 fully saturated rings. The van der Waals surface area contributed by atoms with E-state index in [9.17, 15) is 4.79 Å². The van der Waals surface area contributed by atoms with Crippen LogP contribution < -0.4 is 4.74 Å². The van der Waals surface area contributed by atoms with Crippen molar-refractivity contribution in [2.75, 3.05) is 13.7 Å². The van der Waals surface area contributed by atoms with Crippen LogP contribution in [-0.2, 0) is 6.54 Å². The van der Waals surface area contributed by atoms with E-state index in [1.165, 1.54) is 0 Å². The van der Waals surface area contributed by atoms with Crippen LogP contribution in [-0.4, -0.2) is 34.0 Å². The van der Waals surface area contributed by atoms with Crippen molar-refractivity contribution in [3.63, 3.8) is 0 Å². The second kappa shape index (κ2) is 7.66. The molecular formula is C23H27N3O2. The van der Waals surface area contributed by atoms with Crippen LogP contribution in [0.1, 0.15) is 48.9 Å². The van der Waals surface area contributed by atoms with Crippen molar-refractivity contribution in [1.82, 2.24) is 14.5 Å². The lowest BCUT2D eigenvalue weighted by molar-refractivity contribution is 0.0724. The Balaban J connectivity index is 1.75. The standard InChI is InChI=1S/C23H27N3O2/c1-16(2)15-26-19-11-6-5-10-18(19)24-22(26)20-12-8-14-25(20)23(27)17-9-4-7-13-21(17)28-3/h4-7,9-11,13,16,20H,8,12,14-15H2,1-3H3. The number of carbonyl (C=O) groups is 1. The number of rotatable bonds is 5. The first-order valence-electron chi connectivity index (χ1n) is 9.99. The molecule has 1 atom stereocenters. The van der Waals surface area contributed by atoms with Gasteiger partial charge < -0.3 is 14.2 Å². The second-order valence-electron chi connectivity index (χ2n) is 7.82. The molecule has 0 spiro atoms. The fourth-order valence-corrected chi connectivity index (χ4v) is 4.16. The van der Waals surface area contributed by atoms with Gasteiger partial charge in [0.15, 0.2) is 0 Å². The quantitative estimate of drug-likeness (QED) is 0.649. The van der Waals surface area contributed by atoms with E-state index in [0.29, 0.717) is 17.2 Å². The smallest absolute Gasteiger partial charge is 0.258 e. The average Bonchev–Trinajstić information content (AvgIpc) is 3.32. The molecule has 0 N–H and O–H groups in total. The minimum absolute atomic E-state index is 0.0106. The molecule has 2 aromatic carbocycles. The van der Waals surface area contributed by atoms with Gasteiger partial charge in [-0.1, -0.05) is 38.1 Å². The molecular weight excluding hydrogens is 350 g/mol. The summed E-state index contributed by atoms with van der Waals surface area (Å²) >= 11 is 0. The first kappa shape index (κ1) is 18.5. The molecule has 28 heavy (non-hydrogen) atoms. The number of nitrogens with zero attached hydrogens (tertiary/aromatic N) is 3. The highest BCUT2D eigenvalue weighted by Gasteiger charge is 2.35. The van der Waals surface area contributed by atoms with Gasteiger partial charge in [0.2, 0.25) is 0 Å². The van der Waals surface area contributed by atoms with Crippen molar-refractivity contribution in [3.05, 3.63) is 59.9 Å². The van der Waals surface area contributed by atoms with Crippen LogP contribution in [0.15, 0.2) is 48.5 Å². The largest absolute Gasteiger partial charge is 0.496 e. The predicted molar refractivity (Wildman–Crippen MR) is 111 cm³/mol. The maximum atomic E-state index is 13.4. The molecule has 5 heteroatoms. The van der Waals surface area contributed by atoms with Gasteiger partial charge in [0.25, 0.3) is 5.91 Å². The molecule has 5 nitrogen and oxygen atoms in total. The molecule has 1 aliphatic heterocycles. The van der Waals surface area contributed by atoms with Crippen molar-refractivity contribution < 1.29 is 9.53 Å². The zero-order valence-corrected chi connectivity index (χ0v) is 16.8. The van der Waals surface area contributed by atoms with Gasteiger partial charge in [-0.2, -0.15) is 0 Å². The number of likely N-dealkylation sites (tertiary alicyclic amines) is 1. The van der Waals surface area contributed by atoms with Gasteiger partial charge in [0.05, 0.1) is 29.7 Å². The Bertz CT molecular complexity index is 992. The van der Waals surface area contributed by atoms with Gasteiger partial charge in [-0.3, -0.25) is 4.79 Å². The zero-order valence-electron chi connectivity index (χ0n) is 16.8. The Morgan fingerprint density at radius 3 is 2.71 bits per heavy atom. The maximum absolute atomic E-state index is 13.4. The van der Waals surface area contributed by atoms with Gasteiger partial charge in [0, 0.05) is 13.1 Å². The van der Waals surface area contributed by atoms with E-state index < -0.39 is 0 Å². The summed E-state index contributed by atoms with van der Waals surface area (Å²) in [6.07, 6.45) is 1.92. The summed E-state index contributed by atoms with van der Waals surface area (Å²) in [5.74, 6) is 2.13. The van der Waals surface area contributed by atoms with Gasteiger partial charge in [-0.25, -0.2) is 4.98 Å². The topological polar surface area (TPSA) is 47.4 Å². The van der Waals surface area contributed by atoms with Crippen LogP contribution in [0, 0.1) is 5.92 Å². The van der Waals surface area contributed by atoms with Gasteiger partial charge in [0.1, 0.15) is 11.6 Å². The molecule has 0 radical (unpaired) electrons. The van der Waals surface area contributed by atoms with Crippen LogP contribution in [0.4, 0.5) is 0 Å². The number of methoxy groups -OCH3 is 1. The number of aromatic nitrogens is 2. The molecule has 146 valence electrons. The summed E-state index contributed by atoms with van der Waals surface area (Å²) in [6.45, 7) is 6.06. The predicted octanol–water partition coefficient (Wildman–Crippen LogP) is 4.68. The summed E-state index contributed by atoms with van der Waals surface area (Å²) in [7, 11) is 1.61. The number of amides is 1. The van der Waals surface area contributed by atoms with E-state index in [1.54, 1.807) is 7.11 Å². The number of hydrogen-bond donors (Lipinski definition) is 0. The number of carbonyl (C=O) groups excluding carboxylic acids is 1. The molecule has 4 rings (SSSR count). The summed E-state index contributed by atoms with van der Waals surface area (Å²) in [5.41, 5.74) is 2.75. The Labute approximate surface area is 165 Å². The fourth-order valence-electron chi connectivity index (χ4n) is 4.16. The van der Waals surface area contributed by atoms with E-state index in [0.717, 1.165) is 42.8 Å². The lowest BCUT2D eigenvalue weighted by atomic mass is 10.1. The highest BCUT2D eigenvalue weighted by Crippen LogP contribution is 2.36. The van der Waals surface area contributed by atoms with E-state index in [2.05, 4.69) is 36.6 Å². The van der Waals surface area contributed by atoms with Crippen LogP contribution in [0.3, 0.4) is 0 Å². The molecule has 1 aliphatic rings. The highest BCUT2D eigenvalue weighted by atomic mass is 16.5. The van der Waals surface area contributed by atoms with E-state index >= 15 is 0 Å². The third kappa shape index (κ3) is 3.26. The molecule has 0 saturated carbocycles. The Morgan fingerprint density at radius 1 is 1.18 bits per heavy atom. The summed E-state index contributed by atoms with van der Waals surface area (Å²) in [4.78, 5) is 20.3. The average molecular weight is 377 g/mol. The Morgan fingerprint density at radius 2 is 1.93 bits per heavy atom. The summed E-state index contributed by atoms with van der Waals surface area (Å²) in [6, 6.07) is 15.7. The molecule has 0 aliphatic carbocycles. The third-order valence-corrected chi connectivity index (χ3v) is 5.38. The first-order valence-corrected chi connectivity index (χ1v) is 9.99. The minimum Gasteiger partial charge on any atom is -0.496 e. The van der Waals surface area contributed by atoms with Crippen LogP contribution in [0.2, 0.25) is 0 Å². The fraction of sp³-hybridized carbons (Fsp3) is 0.391. The van der Waals surface area contributed by atoms with Crippen molar-refractivity contribution >= 4 is 16.9 Å². The molecule has 1 unspecified atom stereocenters. The molecule has 1 saturated heterocycles. The monoisotopic (exact) mass is 377 g/mol. The molecule has 0 bridgehead atoms. The minimum atomic E-state index is -0.0106. The van der Waals surface area contributed by atoms with Crippen molar-refractivity contribution in [2.24, 2.45) is 5.92 Å². The normalized spacial score (nSPS) is 16.9. The number of ether oxygens (including phenoxy) is 1. The lowest BCUT2D eigenvalue weighted by Gasteiger charge is -2.26. The van der Waals surface area contributed by atoms with Gasteiger partial charge in [-0.15, -0.1) is 0 Å². The molecule has 3 aromatic rings. The zero-order chi connectivity index (χ0) is 19.7. The van der Waals surface area contributed by atoms with Gasteiger partial charge in [-0.05, 0) is 43.0 Å². The van der Waals surface area contributed by atoms with Crippen LogP contribution in [0.25, 0.3) is 11.0 Å². The van der Waals surface area contributed by atoms with Crippen LogP contribution in [0.5, 0.6) is 5.75 Å². The molecule has 1 amide bonds. The molecule has 1 aromatic heterocycles. The summed E-state index contributed by atoms with van der Waals surface area (Å²) < 4.78 is 7.73. The number of imidazole rings is 1. The van der Waals surface area contributed by atoms with Crippen molar-refractivity contribution in [2.45, 2.75) is 39.3 Å². The van der Waals surface area contributed by atoms with E-state index in [1.807, 2.05) is 35.2 Å². The van der Waals surface area contributed by atoms with Crippen molar-refractivity contribution in [3.8, 4) is 5.75 Å². The van der Waals surface area contributed by atoms with Crippen molar-refractivity contribution in [1.29, 1.82) is 0 Å². The number of fused-ring (bicyclic) bond motifs is 1. The third-order valence-electron chi connectivity index (χ3n) is 5.38. The lowest BCUT2D eigenvalue weighted by Crippen LogP contribution is -2.32. The highest BCUT2D eigenvalue weighted by molar-refractivity contribution is 5.97. The summed E-state index contributed by atoms with van der Waals surface area (Å²) in [5, 5.41) is 0. The van der Waals surface area contributed by atoms with E-state index in [4.69, 9.17) is 9.72 Å².